The van der Waals surface area contributed by atoms with Gasteiger partial charge in [0.1, 0.15) is 5.75 Å². The number of sulfonamides is 1. The number of nitro benzene ring substituents is 1. The van der Waals surface area contributed by atoms with Crippen molar-refractivity contribution >= 4 is 27.7 Å². The minimum absolute atomic E-state index is 0.00152. The summed E-state index contributed by atoms with van der Waals surface area (Å²) in [5.74, 6) is 0.706. The molecule has 1 fully saturated rings. The highest BCUT2D eigenvalue weighted by atomic mass is 32.2. The molecule has 162 valence electrons. The summed E-state index contributed by atoms with van der Waals surface area (Å²) in [7, 11) is -3.77. The Balaban J connectivity index is 1.36. The van der Waals surface area contributed by atoms with E-state index in [1.54, 1.807) is 11.0 Å². The fraction of sp³-hybridized carbons (Fsp3) is 0.286. The molecule has 1 saturated heterocycles. The summed E-state index contributed by atoms with van der Waals surface area (Å²) < 4.78 is 32.3. The van der Waals surface area contributed by atoms with E-state index in [-0.39, 0.29) is 42.7 Å². The lowest BCUT2D eigenvalue weighted by atomic mass is 10.1. The molecule has 0 spiro atoms. The monoisotopic (exact) mass is 443 g/mol. The largest absolute Gasteiger partial charge is 0.493 e. The summed E-state index contributed by atoms with van der Waals surface area (Å²) in [4.78, 5) is 24.3. The van der Waals surface area contributed by atoms with Crippen LogP contribution < -0.4 is 4.74 Å². The molecular weight excluding hydrogens is 422 g/mol. The molecule has 1 amide bonds. The molecule has 2 aliphatic rings. The van der Waals surface area contributed by atoms with Crippen LogP contribution in [-0.2, 0) is 21.2 Å². The molecule has 0 radical (unpaired) electrons. The highest BCUT2D eigenvalue weighted by Gasteiger charge is 2.30. The maximum Gasteiger partial charge on any atom is 0.269 e. The Morgan fingerprint density at radius 2 is 1.77 bits per heavy atom. The number of amides is 1. The highest BCUT2D eigenvalue weighted by Crippen LogP contribution is 2.26. The van der Waals surface area contributed by atoms with Crippen LogP contribution in [0.25, 0.3) is 6.08 Å². The van der Waals surface area contributed by atoms with Gasteiger partial charge in [-0.05, 0) is 41.5 Å². The molecule has 4 rings (SSSR count). The van der Waals surface area contributed by atoms with Crippen LogP contribution in [0, 0.1) is 10.1 Å². The van der Waals surface area contributed by atoms with Crippen molar-refractivity contribution in [1.82, 2.24) is 9.21 Å². The third-order valence-corrected chi connectivity index (χ3v) is 7.28. The number of fused-ring (bicyclic) bond motifs is 1. The number of carbonyl (C=O) groups excluding carboxylic acids is 1. The Hall–Kier alpha value is -3.24. The van der Waals surface area contributed by atoms with Crippen molar-refractivity contribution in [1.29, 1.82) is 0 Å². The summed E-state index contributed by atoms with van der Waals surface area (Å²) in [5, 5.41) is 10.8. The van der Waals surface area contributed by atoms with Crippen LogP contribution in [-0.4, -0.2) is 61.2 Å². The maximum absolute atomic E-state index is 12.8. The molecule has 2 aliphatic heterocycles. The summed E-state index contributed by atoms with van der Waals surface area (Å²) in [5.41, 5.74) is 1.87. The second kappa shape index (κ2) is 8.48. The number of hydrogen-bond donors (Lipinski definition) is 0. The van der Waals surface area contributed by atoms with Crippen LogP contribution in [0.1, 0.15) is 11.1 Å². The molecule has 0 aromatic heterocycles. The van der Waals surface area contributed by atoms with E-state index in [0.717, 1.165) is 23.3 Å². The molecule has 0 unspecified atom stereocenters. The van der Waals surface area contributed by atoms with Crippen molar-refractivity contribution in [2.24, 2.45) is 0 Å². The SMILES string of the molecule is O=C(/C=C/c1ccc2c(c1)CCO2)N1CCN(S(=O)(=O)c2ccc([N+](=O)[O-])cc2)CC1. The predicted molar refractivity (Wildman–Crippen MR) is 113 cm³/mol. The number of hydrogen-bond acceptors (Lipinski definition) is 6. The predicted octanol–water partition coefficient (Wildman–Crippen LogP) is 2.08. The van der Waals surface area contributed by atoms with Crippen molar-refractivity contribution in [2.45, 2.75) is 11.3 Å². The Bertz CT molecular complexity index is 1140. The van der Waals surface area contributed by atoms with Gasteiger partial charge in [-0.15, -0.1) is 0 Å². The van der Waals surface area contributed by atoms with E-state index in [1.165, 1.54) is 34.6 Å². The zero-order valence-corrected chi connectivity index (χ0v) is 17.5. The van der Waals surface area contributed by atoms with Crippen LogP contribution in [0.4, 0.5) is 5.69 Å². The number of piperazine rings is 1. The van der Waals surface area contributed by atoms with Crippen molar-refractivity contribution in [3.63, 3.8) is 0 Å². The van der Waals surface area contributed by atoms with E-state index < -0.39 is 14.9 Å². The normalized spacial score (nSPS) is 16.8. The Labute approximate surface area is 179 Å². The first-order valence-electron chi connectivity index (χ1n) is 9.82. The molecule has 0 aliphatic carbocycles. The first-order chi connectivity index (χ1) is 14.8. The third-order valence-electron chi connectivity index (χ3n) is 5.37. The third kappa shape index (κ3) is 4.44. The molecule has 2 heterocycles. The molecule has 10 heteroatoms. The summed E-state index contributed by atoms with van der Waals surface area (Å²) in [6.45, 7) is 1.54. The number of nitrogens with zero attached hydrogens (tertiary/aromatic N) is 3. The van der Waals surface area contributed by atoms with Gasteiger partial charge in [0.15, 0.2) is 0 Å². The molecule has 0 atom stereocenters. The average Bonchev–Trinajstić information content (AvgIpc) is 3.25. The zero-order valence-electron chi connectivity index (χ0n) is 16.6. The van der Waals surface area contributed by atoms with E-state index in [2.05, 4.69) is 0 Å². The van der Waals surface area contributed by atoms with Gasteiger partial charge in [-0.25, -0.2) is 8.42 Å². The lowest BCUT2D eigenvalue weighted by molar-refractivity contribution is -0.384. The molecule has 2 aromatic rings. The smallest absolute Gasteiger partial charge is 0.269 e. The minimum Gasteiger partial charge on any atom is -0.493 e. The number of ether oxygens (including phenoxy) is 1. The van der Waals surface area contributed by atoms with Gasteiger partial charge >= 0.3 is 0 Å². The van der Waals surface area contributed by atoms with Crippen LogP contribution in [0.3, 0.4) is 0 Å². The van der Waals surface area contributed by atoms with E-state index >= 15 is 0 Å². The Morgan fingerprint density at radius 3 is 2.45 bits per heavy atom. The van der Waals surface area contributed by atoms with E-state index in [1.807, 2.05) is 18.2 Å². The van der Waals surface area contributed by atoms with Crippen molar-refractivity contribution < 1.29 is 22.9 Å². The summed E-state index contributed by atoms with van der Waals surface area (Å²) in [6.07, 6.45) is 4.11. The lowest BCUT2D eigenvalue weighted by Gasteiger charge is -2.33. The van der Waals surface area contributed by atoms with Crippen molar-refractivity contribution in [2.75, 3.05) is 32.8 Å². The van der Waals surface area contributed by atoms with Gasteiger partial charge in [0, 0.05) is 50.8 Å². The quantitative estimate of drug-likeness (QED) is 0.398. The molecular formula is C21H21N3O6S. The van der Waals surface area contributed by atoms with Gasteiger partial charge in [-0.2, -0.15) is 4.31 Å². The fourth-order valence-electron chi connectivity index (χ4n) is 3.62. The Morgan fingerprint density at radius 1 is 1.06 bits per heavy atom. The van der Waals surface area contributed by atoms with Crippen molar-refractivity contribution in [3.8, 4) is 5.75 Å². The van der Waals surface area contributed by atoms with E-state index in [0.29, 0.717) is 6.61 Å². The molecule has 2 aromatic carbocycles. The van der Waals surface area contributed by atoms with E-state index in [9.17, 15) is 23.3 Å². The molecule has 0 N–H and O–H groups in total. The van der Waals surface area contributed by atoms with Crippen LogP contribution in [0.2, 0.25) is 0 Å². The van der Waals surface area contributed by atoms with Gasteiger partial charge in [-0.3, -0.25) is 14.9 Å². The van der Waals surface area contributed by atoms with Crippen LogP contribution >= 0.6 is 0 Å². The lowest BCUT2D eigenvalue weighted by Crippen LogP contribution is -2.50. The Kier molecular flexibility index (Phi) is 5.75. The maximum atomic E-state index is 12.8. The standard InChI is InChI=1S/C21H21N3O6S/c25-21(8-2-16-1-7-20-17(15-16)9-14-30-20)22-10-12-23(13-11-22)31(28,29)19-5-3-18(4-6-19)24(26)27/h1-8,15H,9-14H2/b8-2+. The number of benzene rings is 2. The molecule has 0 saturated carbocycles. The van der Waals surface area contributed by atoms with Gasteiger partial charge in [0.25, 0.3) is 5.69 Å². The first kappa shape index (κ1) is 21.0. The second-order valence-corrected chi connectivity index (χ2v) is 9.22. The topological polar surface area (TPSA) is 110 Å². The zero-order chi connectivity index (χ0) is 22.0. The summed E-state index contributed by atoms with van der Waals surface area (Å²) >= 11 is 0. The molecule has 9 nitrogen and oxygen atoms in total. The van der Waals surface area contributed by atoms with Gasteiger partial charge in [-0.1, -0.05) is 6.07 Å². The second-order valence-electron chi connectivity index (χ2n) is 7.28. The number of nitro groups is 1. The van der Waals surface area contributed by atoms with Crippen LogP contribution in [0.15, 0.2) is 53.4 Å². The minimum atomic E-state index is -3.77. The van der Waals surface area contributed by atoms with Crippen molar-refractivity contribution in [3.05, 3.63) is 69.8 Å². The number of carbonyl (C=O) groups is 1. The van der Waals surface area contributed by atoms with Gasteiger partial charge < -0.3 is 9.64 Å². The van der Waals surface area contributed by atoms with Gasteiger partial charge in [0.05, 0.1) is 16.4 Å². The molecule has 31 heavy (non-hydrogen) atoms. The van der Waals surface area contributed by atoms with Gasteiger partial charge in [0.2, 0.25) is 15.9 Å². The van der Waals surface area contributed by atoms with E-state index in [4.69, 9.17) is 4.74 Å². The van der Waals surface area contributed by atoms with Crippen LogP contribution in [0.5, 0.6) is 5.75 Å². The number of rotatable bonds is 5. The number of non-ortho nitro benzene ring substituents is 1. The molecule has 0 bridgehead atoms. The summed E-state index contributed by atoms with van der Waals surface area (Å²) in [6, 6.07) is 10.6. The average molecular weight is 443 g/mol. The highest BCUT2D eigenvalue weighted by molar-refractivity contribution is 7.89. The fourth-order valence-corrected chi connectivity index (χ4v) is 5.04. The first-order valence-corrected chi connectivity index (χ1v) is 11.3.